The van der Waals surface area contributed by atoms with Crippen molar-refractivity contribution in [3.63, 3.8) is 0 Å². The van der Waals surface area contributed by atoms with Crippen molar-refractivity contribution in [3.8, 4) is 5.75 Å². The lowest BCUT2D eigenvalue weighted by Gasteiger charge is -2.23. The summed E-state index contributed by atoms with van der Waals surface area (Å²) < 4.78 is 0. The normalized spacial score (nSPS) is 18.8. The molecule has 18 heavy (non-hydrogen) atoms. The standard InChI is InChI=1S/C15H16ClNO/c1-9(17)15(6-7-15)14-12-4-3-11(16)8-10(12)2-5-13(14)18/h2-5,8-9,18H,6-7,17H2,1H3. The zero-order chi connectivity index (χ0) is 12.9. The van der Waals surface area contributed by atoms with Gasteiger partial charge in [-0.15, -0.1) is 0 Å². The van der Waals surface area contributed by atoms with Crippen molar-refractivity contribution < 1.29 is 5.11 Å². The zero-order valence-corrected chi connectivity index (χ0v) is 11.0. The molecule has 0 aliphatic heterocycles. The van der Waals surface area contributed by atoms with Crippen molar-refractivity contribution in [2.24, 2.45) is 5.73 Å². The van der Waals surface area contributed by atoms with Crippen molar-refractivity contribution in [2.75, 3.05) is 0 Å². The molecule has 2 nitrogen and oxygen atoms in total. The largest absolute Gasteiger partial charge is 0.508 e. The maximum absolute atomic E-state index is 10.2. The van der Waals surface area contributed by atoms with E-state index in [2.05, 4.69) is 0 Å². The van der Waals surface area contributed by atoms with E-state index < -0.39 is 0 Å². The van der Waals surface area contributed by atoms with Crippen molar-refractivity contribution in [1.29, 1.82) is 0 Å². The van der Waals surface area contributed by atoms with E-state index in [0.29, 0.717) is 10.8 Å². The van der Waals surface area contributed by atoms with Gasteiger partial charge >= 0.3 is 0 Å². The molecule has 1 unspecified atom stereocenters. The first kappa shape index (κ1) is 11.8. The van der Waals surface area contributed by atoms with Crippen LogP contribution in [0, 0.1) is 0 Å². The number of phenolic OH excluding ortho intramolecular Hbond substituents is 1. The predicted octanol–water partition coefficient (Wildman–Crippen LogP) is 3.58. The fourth-order valence-corrected chi connectivity index (χ4v) is 3.06. The second kappa shape index (κ2) is 3.87. The van der Waals surface area contributed by atoms with Gasteiger partial charge in [0.1, 0.15) is 5.75 Å². The van der Waals surface area contributed by atoms with Gasteiger partial charge in [0.2, 0.25) is 0 Å². The number of hydrogen-bond acceptors (Lipinski definition) is 2. The Morgan fingerprint density at radius 3 is 2.61 bits per heavy atom. The van der Waals surface area contributed by atoms with E-state index in [1.54, 1.807) is 6.07 Å². The van der Waals surface area contributed by atoms with Crippen molar-refractivity contribution >= 4 is 22.4 Å². The molecular formula is C15H16ClNO. The summed E-state index contributed by atoms with van der Waals surface area (Å²) in [5, 5.41) is 13.0. The molecule has 0 spiro atoms. The summed E-state index contributed by atoms with van der Waals surface area (Å²) >= 11 is 6.02. The SMILES string of the molecule is CC(N)C1(c2c(O)ccc3cc(Cl)ccc23)CC1. The molecule has 0 amide bonds. The Hall–Kier alpha value is -1.25. The Morgan fingerprint density at radius 1 is 1.28 bits per heavy atom. The molecule has 0 bridgehead atoms. The fourth-order valence-electron chi connectivity index (χ4n) is 2.88. The third kappa shape index (κ3) is 1.60. The molecule has 0 heterocycles. The number of aromatic hydroxyl groups is 1. The molecule has 3 N–H and O–H groups in total. The summed E-state index contributed by atoms with van der Waals surface area (Å²) in [6.07, 6.45) is 2.08. The van der Waals surface area contributed by atoms with Gasteiger partial charge in [-0.1, -0.05) is 23.7 Å². The lowest BCUT2D eigenvalue weighted by atomic mass is 9.85. The van der Waals surface area contributed by atoms with E-state index in [-0.39, 0.29) is 11.5 Å². The van der Waals surface area contributed by atoms with Crippen LogP contribution in [0.1, 0.15) is 25.3 Å². The molecule has 0 aromatic heterocycles. The van der Waals surface area contributed by atoms with Crippen LogP contribution in [0.5, 0.6) is 5.75 Å². The van der Waals surface area contributed by atoms with E-state index in [0.717, 1.165) is 29.2 Å². The molecule has 1 fully saturated rings. The predicted molar refractivity (Wildman–Crippen MR) is 75.2 cm³/mol. The summed E-state index contributed by atoms with van der Waals surface area (Å²) in [4.78, 5) is 0. The van der Waals surface area contributed by atoms with Gasteiger partial charge in [-0.05, 0) is 48.7 Å². The fraction of sp³-hybridized carbons (Fsp3) is 0.333. The molecule has 0 radical (unpaired) electrons. The molecule has 1 saturated carbocycles. The van der Waals surface area contributed by atoms with Crippen LogP contribution in [0.4, 0.5) is 0 Å². The Labute approximate surface area is 111 Å². The van der Waals surface area contributed by atoms with Gasteiger partial charge in [-0.3, -0.25) is 0 Å². The minimum absolute atomic E-state index is 0.0460. The van der Waals surface area contributed by atoms with Gasteiger partial charge in [0, 0.05) is 22.0 Å². The molecule has 1 aliphatic carbocycles. The van der Waals surface area contributed by atoms with E-state index >= 15 is 0 Å². The number of halogens is 1. The Bertz CT molecular complexity index is 617. The minimum Gasteiger partial charge on any atom is -0.508 e. The van der Waals surface area contributed by atoms with Crippen LogP contribution >= 0.6 is 11.6 Å². The second-order valence-corrected chi connectivity index (χ2v) is 5.71. The third-order valence-electron chi connectivity index (χ3n) is 4.12. The molecular weight excluding hydrogens is 246 g/mol. The van der Waals surface area contributed by atoms with E-state index in [4.69, 9.17) is 17.3 Å². The molecule has 0 saturated heterocycles. The summed E-state index contributed by atoms with van der Waals surface area (Å²) in [7, 11) is 0. The monoisotopic (exact) mass is 261 g/mol. The molecule has 2 aromatic rings. The average molecular weight is 262 g/mol. The highest BCUT2D eigenvalue weighted by molar-refractivity contribution is 6.31. The van der Waals surface area contributed by atoms with Crippen molar-refractivity contribution in [3.05, 3.63) is 40.9 Å². The minimum atomic E-state index is -0.0581. The van der Waals surface area contributed by atoms with Crippen molar-refractivity contribution in [1.82, 2.24) is 0 Å². The number of phenols is 1. The lowest BCUT2D eigenvalue weighted by molar-refractivity contribution is 0.449. The number of rotatable bonds is 2. The first-order valence-corrected chi connectivity index (χ1v) is 6.60. The first-order valence-electron chi connectivity index (χ1n) is 6.22. The first-order chi connectivity index (χ1) is 8.54. The van der Waals surface area contributed by atoms with Crippen LogP contribution < -0.4 is 5.73 Å². The van der Waals surface area contributed by atoms with Gasteiger partial charge in [-0.25, -0.2) is 0 Å². The quantitative estimate of drug-likeness (QED) is 0.868. The van der Waals surface area contributed by atoms with E-state index in [1.165, 1.54) is 0 Å². The number of hydrogen-bond donors (Lipinski definition) is 2. The smallest absolute Gasteiger partial charge is 0.120 e. The lowest BCUT2D eigenvalue weighted by Crippen LogP contribution is -2.31. The molecule has 1 atom stereocenters. The summed E-state index contributed by atoms with van der Waals surface area (Å²) in [5.74, 6) is 0.347. The zero-order valence-electron chi connectivity index (χ0n) is 10.3. The molecule has 1 aliphatic rings. The van der Waals surface area contributed by atoms with Gasteiger partial charge in [0.05, 0.1) is 0 Å². The van der Waals surface area contributed by atoms with Crippen LogP contribution in [0.15, 0.2) is 30.3 Å². The van der Waals surface area contributed by atoms with Crippen LogP contribution in [0.25, 0.3) is 10.8 Å². The summed E-state index contributed by atoms with van der Waals surface area (Å²) in [5.41, 5.74) is 7.05. The number of benzene rings is 2. The third-order valence-corrected chi connectivity index (χ3v) is 4.35. The Kier molecular flexibility index (Phi) is 2.54. The van der Waals surface area contributed by atoms with Crippen molar-refractivity contribution in [2.45, 2.75) is 31.2 Å². The molecule has 2 aromatic carbocycles. The topological polar surface area (TPSA) is 46.2 Å². The maximum Gasteiger partial charge on any atom is 0.120 e. The second-order valence-electron chi connectivity index (χ2n) is 5.27. The summed E-state index contributed by atoms with van der Waals surface area (Å²) in [6.45, 7) is 2.02. The molecule has 94 valence electrons. The van der Waals surface area contributed by atoms with Crippen LogP contribution in [0.2, 0.25) is 5.02 Å². The van der Waals surface area contributed by atoms with Gasteiger partial charge in [-0.2, -0.15) is 0 Å². The van der Waals surface area contributed by atoms with Crippen LogP contribution in [0.3, 0.4) is 0 Å². The van der Waals surface area contributed by atoms with Gasteiger partial charge in [0.25, 0.3) is 0 Å². The average Bonchev–Trinajstić information content (AvgIpc) is 3.10. The maximum atomic E-state index is 10.2. The van der Waals surface area contributed by atoms with Gasteiger partial charge < -0.3 is 10.8 Å². The van der Waals surface area contributed by atoms with Crippen LogP contribution in [-0.4, -0.2) is 11.1 Å². The number of nitrogens with two attached hydrogens (primary N) is 1. The number of fused-ring (bicyclic) bond motifs is 1. The van der Waals surface area contributed by atoms with E-state index in [1.807, 2.05) is 31.2 Å². The molecule has 3 heteroatoms. The van der Waals surface area contributed by atoms with E-state index in [9.17, 15) is 5.11 Å². The van der Waals surface area contributed by atoms with Crippen LogP contribution in [-0.2, 0) is 5.41 Å². The van der Waals surface area contributed by atoms with Gasteiger partial charge in [0.15, 0.2) is 0 Å². The molecule has 3 rings (SSSR count). The highest BCUT2D eigenvalue weighted by Gasteiger charge is 2.49. The highest BCUT2D eigenvalue weighted by atomic mass is 35.5. The summed E-state index contributed by atoms with van der Waals surface area (Å²) in [6, 6.07) is 9.47. The Balaban J connectivity index is 2.31. The Morgan fingerprint density at radius 2 is 2.00 bits per heavy atom. The highest BCUT2D eigenvalue weighted by Crippen LogP contribution is 2.55.